The van der Waals surface area contributed by atoms with Gasteiger partial charge in [-0.2, -0.15) is 0 Å². The summed E-state index contributed by atoms with van der Waals surface area (Å²) in [5.74, 6) is -0.562. The summed E-state index contributed by atoms with van der Waals surface area (Å²) < 4.78 is 4.57. The summed E-state index contributed by atoms with van der Waals surface area (Å²) in [5, 5.41) is 0. The van der Waals surface area contributed by atoms with Crippen molar-refractivity contribution in [2.45, 2.75) is 19.8 Å². The predicted molar refractivity (Wildman–Crippen MR) is 36.2 cm³/mol. The summed E-state index contributed by atoms with van der Waals surface area (Å²) in [6, 6.07) is 0. The lowest BCUT2D eigenvalue weighted by Gasteiger charge is -1.97. The maximum atomic E-state index is 10.5. The fourth-order valence-corrected chi connectivity index (χ4v) is 0.475. The highest BCUT2D eigenvalue weighted by Crippen LogP contribution is 1.92. The van der Waals surface area contributed by atoms with Gasteiger partial charge >= 0.3 is 5.97 Å². The van der Waals surface area contributed by atoms with E-state index >= 15 is 0 Å². The first-order valence-corrected chi connectivity index (χ1v) is 3.17. The van der Waals surface area contributed by atoms with Crippen LogP contribution in [0.2, 0.25) is 0 Å². The van der Waals surface area contributed by atoms with Crippen LogP contribution in [-0.2, 0) is 14.3 Å². The van der Waals surface area contributed by atoms with Crippen LogP contribution in [0, 0.1) is 6.92 Å². The molecule has 0 atom stereocenters. The van der Waals surface area contributed by atoms with E-state index in [-0.39, 0.29) is 24.6 Å². The highest BCUT2D eigenvalue weighted by atomic mass is 16.5. The Morgan fingerprint density at radius 2 is 2.00 bits per heavy atom. The number of ketones is 1. The maximum Gasteiger partial charge on any atom is 0.306 e. The summed E-state index contributed by atoms with van der Waals surface area (Å²) in [4.78, 5) is 20.8. The molecule has 0 amide bonds. The molecule has 0 aromatic rings. The number of esters is 1. The van der Waals surface area contributed by atoms with Crippen LogP contribution in [0.3, 0.4) is 0 Å². The lowest BCUT2D eigenvalue weighted by Crippen LogP contribution is -2.05. The monoisotopic (exact) mass is 143 g/mol. The van der Waals surface area contributed by atoms with Gasteiger partial charge in [0.25, 0.3) is 0 Å². The minimum atomic E-state index is -0.334. The highest BCUT2D eigenvalue weighted by Gasteiger charge is 2.02. The number of rotatable bonds is 4. The number of hydrogen-bond acceptors (Lipinski definition) is 3. The van der Waals surface area contributed by atoms with Gasteiger partial charge in [0.2, 0.25) is 0 Å². The predicted octanol–water partition coefficient (Wildman–Crippen LogP) is 0.733. The largest absolute Gasteiger partial charge is 0.466 e. The minimum absolute atomic E-state index is 0.149. The second-order valence-electron chi connectivity index (χ2n) is 1.84. The van der Waals surface area contributed by atoms with Crippen molar-refractivity contribution in [1.29, 1.82) is 0 Å². The Balaban J connectivity index is 3.30. The van der Waals surface area contributed by atoms with E-state index < -0.39 is 0 Å². The SMILES string of the molecule is [CH2]C(=O)CCC(=O)OCC. The Hall–Kier alpha value is -0.860. The molecule has 0 unspecified atom stereocenters. The van der Waals surface area contributed by atoms with E-state index in [1.54, 1.807) is 6.92 Å². The lowest BCUT2D eigenvalue weighted by molar-refractivity contribution is -0.144. The molecule has 0 fully saturated rings. The average Bonchev–Trinajstić information content (AvgIpc) is 1.85. The minimum Gasteiger partial charge on any atom is -0.466 e. The topological polar surface area (TPSA) is 43.4 Å². The Kier molecular flexibility index (Phi) is 4.54. The van der Waals surface area contributed by atoms with Crippen molar-refractivity contribution in [3.05, 3.63) is 6.92 Å². The lowest BCUT2D eigenvalue weighted by atomic mass is 10.2. The molecule has 0 aliphatic rings. The van der Waals surface area contributed by atoms with E-state index in [4.69, 9.17) is 0 Å². The van der Waals surface area contributed by atoms with Crippen LogP contribution in [0.15, 0.2) is 0 Å². The van der Waals surface area contributed by atoms with Crippen LogP contribution in [-0.4, -0.2) is 18.4 Å². The Bertz CT molecular complexity index is 129. The van der Waals surface area contributed by atoms with Crippen LogP contribution in [0.5, 0.6) is 0 Å². The van der Waals surface area contributed by atoms with Gasteiger partial charge in [-0.15, -0.1) is 0 Å². The fraction of sp³-hybridized carbons (Fsp3) is 0.571. The van der Waals surface area contributed by atoms with E-state index in [1.807, 2.05) is 0 Å². The number of hydrogen-bond donors (Lipinski definition) is 0. The molecule has 0 aliphatic carbocycles. The van der Waals surface area contributed by atoms with Gasteiger partial charge in [-0.05, 0) is 6.92 Å². The zero-order valence-corrected chi connectivity index (χ0v) is 6.05. The molecule has 3 heteroatoms. The third kappa shape index (κ3) is 5.28. The van der Waals surface area contributed by atoms with Gasteiger partial charge in [-0.25, -0.2) is 0 Å². The van der Waals surface area contributed by atoms with Crippen LogP contribution in [0.4, 0.5) is 0 Å². The molecule has 0 bridgehead atoms. The van der Waals surface area contributed by atoms with Gasteiger partial charge in [0.15, 0.2) is 0 Å². The van der Waals surface area contributed by atoms with Gasteiger partial charge < -0.3 is 4.74 Å². The van der Waals surface area contributed by atoms with Crippen molar-refractivity contribution < 1.29 is 14.3 Å². The molecule has 0 N–H and O–H groups in total. The quantitative estimate of drug-likeness (QED) is 0.545. The second-order valence-corrected chi connectivity index (χ2v) is 1.84. The molecule has 1 radical (unpaired) electrons. The summed E-state index contributed by atoms with van der Waals surface area (Å²) in [6.07, 6.45) is 0.328. The van der Waals surface area contributed by atoms with Crippen LogP contribution >= 0.6 is 0 Å². The second kappa shape index (κ2) is 4.97. The molecule has 0 aromatic heterocycles. The first-order chi connectivity index (χ1) is 4.66. The number of carbonyl (C=O) groups is 2. The smallest absolute Gasteiger partial charge is 0.306 e. The Morgan fingerprint density at radius 3 is 2.40 bits per heavy atom. The average molecular weight is 143 g/mol. The standard InChI is InChI=1S/C7H11O3/c1-3-10-7(9)5-4-6(2)8/h2-5H2,1H3. The van der Waals surface area contributed by atoms with Gasteiger partial charge in [0.05, 0.1) is 13.0 Å². The van der Waals surface area contributed by atoms with Crippen molar-refractivity contribution in [3.8, 4) is 0 Å². The molecule has 0 saturated carbocycles. The van der Waals surface area contributed by atoms with E-state index in [2.05, 4.69) is 11.7 Å². The normalized spacial score (nSPS) is 9.00. The van der Waals surface area contributed by atoms with Crippen molar-refractivity contribution in [2.24, 2.45) is 0 Å². The molecule has 10 heavy (non-hydrogen) atoms. The molecular weight excluding hydrogens is 132 g/mol. The molecule has 3 nitrogen and oxygen atoms in total. The van der Waals surface area contributed by atoms with Crippen LogP contribution in [0.25, 0.3) is 0 Å². The van der Waals surface area contributed by atoms with Gasteiger partial charge in [-0.1, -0.05) is 0 Å². The molecule has 0 heterocycles. The summed E-state index contributed by atoms with van der Waals surface area (Å²) in [6.45, 7) is 5.22. The zero-order valence-electron chi connectivity index (χ0n) is 6.05. The first kappa shape index (κ1) is 9.14. The molecule has 0 aromatic carbocycles. The number of carbonyl (C=O) groups excluding carboxylic acids is 2. The van der Waals surface area contributed by atoms with Crippen molar-refractivity contribution in [3.63, 3.8) is 0 Å². The van der Waals surface area contributed by atoms with Crippen molar-refractivity contribution >= 4 is 11.8 Å². The van der Waals surface area contributed by atoms with Crippen LogP contribution in [0.1, 0.15) is 19.8 Å². The van der Waals surface area contributed by atoms with Gasteiger partial charge in [0, 0.05) is 13.3 Å². The molecular formula is C7H11O3. The van der Waals surface area contributed by atoms with Crippen molar-refractivity contribution in [1.82, 2.24) is 0 Å². The first-order valence-electron chi connectivity index (χ1n) is 3.17. The highest BCUT2D eigenvalue weighted by molar-refractivity contribution is 5.85. The molecule has 57 valence electrons. The number of Topliss-reactive ketones (excluding diaryl/α,β-unsaturated/α-hetero) is 1. The molecule has 0 spiro atoms. The summed E-state index contributed by atoms with van der Waals surface area (Å²) in [5.41, 5.74) is 0. The van der Waals surface area contributed by atoms with Gasteiger partial charge in [-0.3, -0.25) is 9.59 Å². The Labute approximate surface area is 60.4 Å². The van der Waals surface area contributed by atoms with Gasteiger partial charge in [0.1, 0.15) is 5.78 Å². The van der Waals surface area contributed by atoms with E-state index in [1.165, 1.54) is 0 Å². The van der Waals surface area contributed by atoms with E-state index in [0.717, 1.165) is 0 Å². The zero-order chi connectivity index (χ0) is 7.98. The molecule has 0 aliphatic heterocycles. The molecule has 0 rings (SSSR count). The number of ether oxygens (including phenoxy) is 1. The summed E-state index contributed by atoms with van der Waals surface area (Å²) >= 11 is 0. The van der Waals surface area contributed by atoms with E-state index in [0.29, 0.717) is 6.61 Å². The third-order valence-corrected chi connectivity index (χ3v) is 0.913. The maximum absolute atomic E-state index is 10.5. The van der Waals surface area contributed by atoms with E-state index in [9.17, 15) is 9.59 Å². The Morgan fingerprint density at radius 1 is 1.40 bits per heavy atom. The fourth-order valence-electron chi connectivity index (χ4n) is 0.475. The van der Waals surface area contributed by atoms with Crippen LogP contribution < -0.4 is 0 Å². The third-order valence-electron chi connectivity index (χ3n) is 0.913. The summed E-state index contributed by atoms with van der Waals surface area (Å²) in [7, 11) is 0. The molecule has 0 saturated heterocycles. The van der Waals surface area contributed by atoms with Crippen molar-refractivity contribution in [2.75, 3.05) is 6.61 Å².